The topological polar surface area (TPSA) is 83.7 Å². The number of ether oxygens (including phenoxy) is 1. The van der Waals surface area contributed by atoms with Crippen LogP contribution in [0, 0.1) is 13.8 Å². The molecule has 0 radical (unpaired) electrons. The van der Waals surface area contributed by atoms with Gasteiger partial charge in [-0.25, -0.2) is 9.97 Å². The van der Waals surface area contributed by atoms with Crippen LogP contribution in [0.1, 0.15) is 85.6 Å². The van der Waals surface area contributed by atoms with Gasteiger partial charge in [0.25, 0.3) is 0 Å². The van der Waals surface area contributed by atoms with Gasteiger partial charge in [0.2, 0.25) is 0 Å². The molecule has 0 saturated heterocycles. The van der Waals surface area contributed by atoms with Crippen molar-refractivity contribution >= 4 is 50.8 Å². The van der Waals surface area contributed by atoms with Gasteiger partial charge in [-0.15, -0.1) is 0 Å². The number of hydrogen-bond acceptors (Lipinski definition) is 4. The number of carbonyl (C=O) groups is 1. The number of aromatic nitrogens is 4. The van der Waals surface area contributed by atoms with E-state index in [2.05, 4.69) is 81.9 Å². The number of aryl methyl sites for hydroxylation is 4. The van der Waals surface area contributed by atoms with Crippen LogP contribution in [0.15, 0.2) is 24.3 Å². The fourth-order valence-electron chi connectivity index (χ4n) is 5.67. The molecule has 6 heteroatoms. The summed E-state index contributed by atoms with van der Waals surface area (Å²) in [5.74, 6) is -0.220. The molecule has 6 nitrogen and oxygen atoms in total. The van der Waals surface area contributed by atoms with E-state index in [1.807, 2.05) is 0 Å². The molecule has 38 heavy (non-hydrogen) atoms. The molecular formula is C32H36N4O2. The molecule has 5 heterocycles. The zero-order valence-corrected chi connectivity index (χ0v) is 23.4. The number of H-pyrrole nitrogens is 2. The van der Waals surface area contributed by atoms with Gasteiger partial charge in [0.15, 0.2) is 0 Å². The lowest BCUT2D eigenvalue weighted by Gasteiger charge is -2.04. The van der Waals surface area contributed by atoms with Gasteiger partial charge >= 0.3 is 5.97 Å². The number of hydrogen-bond donors (Lipinski definition) is 2. The van der Waals surface area contributed by atoms with E-state index >= 15 is 0 Å². The molecule has 2 aliphatic rings. The van der Waals surface area contributed by atoms with Crippen molar-refractivity contribution in [3.63, 3.8) is 0 Å². The van der Waals surface area contributed by atoms with Crippen molar-refractivity contribution in [2.75, 3.05) is 7.11 Å². The van der Waals surface area contributed by atoms with Gasteiger partial charge in [-0.1, -0.05) is 13.8 Å². The number of rotatable bonds is 5. The fourth-order valence-corrected chi connectivity index (χ4v) is 5.67. The van der Waals surface area contributed by atoms with E-state index in [1.54, 1.807) is 0 Å². The predicted molar refractivity (Wildman–Crippen MR) is 157 cm³/mol. The van der Waals surface area contributed by atoms with Crippen molar-refractivity contribution in [1.82, 2.24) is 19.9 Å². The largest absolute Gasteiger partial charge is 0.469 e. The van der Waals surface area contributed by atoms with E-state index in [0.29, 0.717) is 12.8 Å². The van der Waals surface area contributed by atoms with E-state index in [0.717, 1.165) is 74.4 Å². The minimum Gasteiger partial charge on any atom is -0.469 e. The van der Waals surface area contributed by atoms with Gasteiger partial charge in [-0.2, -0.15) is 0 Å². The van der Waals surface area contributed by atoms with Crippen molar-refractivity contribution in [2.45, 2.75) is 67.2 Å². The Kier molecular flexibility index (Phi) is 6.82. The van der Waals surface area contributed by atoms with Crippen LogP contribution < -0.4 is 0 Å². The summed E-state index contributed by atoms with van der Waals surface area (Å²) in [6.07, 6.45) is 4.84. The number of nitrogens with one attached hydrogen (secondary N) is 2. The predicted octanol–water partition coefficient (Wildman–Crippen LogP) is 7.50. The Hall–Kier alpha value is -3.93. The highest BCUT2D eigenvalue weighted by molar-refractivity contribution is 5.94. The van der Waals surface area contributed by atoms with E-state index in [-0.39, 0.29) is 5.97 Å². The third kappa shape index (κ3) is 4.49. The summed E-state index contributed by atoms with van der Waals surface area (Å²) in [7, 11) is 1.43. The van der Waals surface area contributed by atoms with Crippen molar-refractivity contribution in [3.05, 3.63) is 69.3 Å². The summed E-state index contributed by atoms with van der Waals surface area (Å²) < 4.78 is 4.92. The molecule has 3 aromatic rings. The van der Waals surface area contributed by atoms with Crippen LogP contribution in [0.5, 0.6) is 0 Å². The average Bonchev–Trinajstić information content (AvgIpc) is 3.57. The number of methoxy groups -OCH3 is 1. The summed E-state index contributed by atoms with van der Waals surface area (Å²) in [5, 5.41) is 0. The van der Waals surface area contributed by atoms with Gasteiger partial charge in [-0.05, 0) is 116 Å². The number of esters is 1. The molecule has 0 amide bonds. The minimum absolute atomic E-state index is 0.220. The quantitative estimate of drug-likeness (QED) is 0.350. The second-order valence-electron chi connectivity index (χ2n) is 10.2. The Balaban J connectivity index is 1.88. The Labute approximate surface area is 223 Å². The van der Waals surface area contributed by atoms with Crippen LogP contribution in [-0.2, 0) is 22.4 Å². The van der Waals surface area contributed by atoms with Gasteiger partial charge in [-0.3, -0.25) is 4.79 Å². The maximum Gasteiger partial charge on any atom is 0.305 e. The van der Waals surface area contributed by atoms with E-state index in [1.165, 1.54) is 29.4 Å². The molecule has 196 valence electrons. The molecule has 0 atom stereocenters. The zero-order valence-electron chi connectivity index (χ0n) is 23.4. The Morgan fingerprint density at radius 3 is 1.97 bits per heavy atom. The first-order chi connectivity index (χ1) is 18.2. The maximum absolute atomic E-state index is 12.0. The summed E-state index contributed by atoms with van der Waals surface area (Å²) in [6, 6.07) is 8.58. The molecule has 5 rings (SSSR count). The monoisotopic (exact) mass is 508 g/mol. The van der Waals surface area contributed by atoms with E-state index < -0.39 is 0 Å². The van der Waals surface area contributed by atoms with Crippen molar-refractivity contribution in [2.24, 2.45) is 0 Å². The molecular weight excluding hydrogens is 472 g/mol. The van der Waals surface area contributed by atoms with Crippen LogP contribution in [0.4, 0.5) is 0 Å². The Morgan fingerprint density at radius 1 is 0.789 bits per heavy atom. The summed E-state index contributed by atoms with van der Waals surface area (Å²) >= 11 is 0. The number of carbonyl (C=O) groups excluding carboxylic acids is 1. The third-order valence-electron chi connectivity index (χ3n) is 7.96. The maximum atomic E-state index is 12.0. The molecule has 0 unspecified atom stereocenters. The first-order valence-electron chi connectivity index (χ1n) is 13.4. The highest BCUT2D eigenvalue weighted by Crippen LogP contribution is 2.35. The lowest BCUT2D eigenvalue weighted by molar-refractivity contribution is -0.140. The number of fused-ring (bicyclic) bond motifs is 8. The van der Waals surface area contributed by atoms with Crippen LogP contribution >= 0.6 is 0 Å². The summed E-state index contributed by atoms with van der Waals surface area (Å²) in [4.78, 5) is 29.4. The van der Waals surface area contributed by atoms with Gasteiger partial charge in [0.05, 0.1) is 29.9 Å². The second-order valence-corrected chi connectivity index (χ2v) is 10.2. The van der Waals surface area contributed by atoms with Crippen LogP contribution in [-0.4, -0.2) is 33.0 Å². The molecule has 0 aromatic carbocycles. The zero-order chi connectivity index (χ0) is 27.1. The molecule has 3 aromatic heterocycles. The standard InChI is InChI=1S/C32H36N4O2/c1-8-22-18(4)27-15-28-19(5)23(9-2)30(36-28)16-31-24(10-11-32(37)38-7)20(6)26(34-31)13-21-12-17(3)25(33-21)14-29(22)35-27/h12-16,35-36H,8-11H2,1-7H3. The van der Waals surface area contributed by atoms with E-state index in [4.69, 9.17) is 14.7 Å². The van der Waals surface area contributed by atoms with Gasteiger partial charge < -0.3 is 14.7 Å². The van der Waals surface area contributed by atoms with Crippen LogP contribution in [0.25, 0.3) is 44.9 Å². The number of nitrogens with zero attached hydrogens (tertiary/aromatic N) is 2. The number of allylic oxidation sites excluding steroid dienone is 3. The average molecular weight is 509 g/mol. The Morgan fingerprint density at radius 2 is 1.39 bits per heavy atom. The first-order valence-corrected chi connectivity index (χ1v) is 13.4. The fraction of sp³-hybridized carbons (Fsp3) is 0.344. The SMILES string of the molecule is CCc1c(C)c2cc3[nH]c(cc4nc(cc5nc(cc1[nH]2)C(C)=C5)C(C)=C4CCC(=O)OC)c(CC)c3C. The molecule has 0 spiro atoms. The molecule has 0 aliphatic carbocycles. The lowest BCUT2D eigenvalue weighted by Crippen LogP contribution is -2.00. The summed E-state index contributed by atoms with van der Waals surface area (Å²) in [5.41, 5.74) is 16.3. The van der Waals surface area contributed by atoms with Crippen molar-refractivity contribution in [3.8, 4) is 0 Å². The first kappa shape index (κ1) is 25.7. The highest BCUT2D eigenvalue weighted by atomic mass is 16.5. The molecule has 2 aliphatic heterocycles. The Bertz CT molecular complexity index is 1680. The molecule has 2 N–H and O–H groups in total. The highest BCUT2D eigenvalue weighted by Gasteiger charge is 2.20. The lowest BCUT2D eigenvalue weighted by atomic mass is 10.0. The normalized spacial score (nSPS) is 13.2. The smallest absolute Gasteiger partial charge is 0.305 e. The van der Waals surface area contributed by atoms with E-state index in [9.17, 15) is 4.79 Å². The summed E-state index contributed by atoms with van der Waals surface area (Å²) in [6.45, 7) is 12.9. The molecule has 0 saturated carbocycles. The second kappa shape index (κ2) is 10.1. The molecule has 0 fully saturated rings. The van der Waals surface area contributed by atoms with Gasteiger partial charge in [0.1, 0.15) is 0 Å². The van der Waals surface area contributed by atoms with Crippen LogP contribution in [0.2, 0.25) is 0 Å². The van der Waals surface area contributed by atoms with Crippen molar-refractivity contribution in [1.29, 1.82) is 0 Å². The van der Waals surface area contributed by atoms with Crippen LogP contribution in [0.3, 0.4) is 0 Å². The third-order valence-corrected chi connectivity index (χ3v) is 7.96. The van der Waals surface area contributed by atoms with Gasteiger partial charge in [0, 0.05) is 28.5 Å². The number of aromatic amines is 2. The van der Waals surface area contributed by atoms with Crippen molar-refractivity contribution < 1.29 is 9.53 Å². The molecule has 8 bridgehead atoms. The minimum atomic E-state index is -0.220.